The Morgan fingerprint density at radius 2 is 1.67 bits per heavy atom. The van der Waals surface area contributed by atoms with Gasteiger partial charge in [-0.25, -0.2) is 13.2 Å². The van der Waals surface area contributed by atoms with Crippen LogP contribution in [0.2, 0.25) is 0 Å². The average molecular weight is 725 g/mol. The Balaban J connectivity index is 1.26. The highest BCUT2D eigenvalue weighted by atomic mass is 32.2. The van der Waals surface area contributed by atoms with Gasteiger partial charge < -0.3 is 20.1 Å². The molecule has 4 aliphatic carbocycles. The molecule has 8 heteroatoms. The van der Waals surface area contributed by atoms with Gasteiger partial charge in [-0.1, -0.05) is 59.8 Å². The van der Waals surface area contributed by atoms with E-state index in [2.05, 4.69) is 83.8 Å². The molecule has 0 bridgehead atoms. The molecule has 286 valence electrons. The molecular weight excluding hydrogens is 657 g/mol. The molecular formula is C43H68N2O5S. The molecule has 51 heavy (non-hydrogen) atoms. The molecule has 3 saturated carbocycles. The minimum absolute atomic E-state index is 0.00612. The average Bonchev–Trinajstić information content (AvgIpc) is 3.46. The van der Waals surface area contributed by atoms with Gasteiger partial charge in [0.15, 0.2) is 9.84 Å². The molecule has 4 fully saturated rings. The fourth-order valence-electron chi connectivity index (χ4n) is 13.2. The molecule has 0 amide bonds. The summed E-state index contributed by atoms with van der Waals surface area (Å²) in [7, 11) is -1.46. The van der Waals surface area contributed by atoms with E-state index in [4.69, 9.17) is 4.74 Å². The Kier molecular flexibility index (Phi) is 10.3. The normalized spacial score (nSPS) is 39.5. The minimum Gasteiger partial charge on any atom is -0.465 e. The van der Waals surface area contributed by atoms with Gasteiger partial charge in [0, 0.05) is 31.7 Å². The number of hydrogen-bond acceptors (Lipinski definition) is 7. The molecule has 0 radical (unpaired) electrons. The van der Waals surface area contributed by atoms with Crippen molar-refractivity contribution in [3.63, 3.8) is 0 Å². The van der Waals surface area contributed by atoms with Crippen LogP contribution in [0.5, 0.6) is 0 Å². The molecule has 5 aliphatic rings. The van der Waals surface area contributed by atoms with Crippen molar-refractivity contribution in [1.29, 1.82) is 0 Å². The van der Waals surface area contributed by atoms with Crippen LogP contribution in [0.3, 0.4) is 0 Å². The van der Waals surface area contributed by atoms with E-state index in [-0.39, 0.29) is 50.6 Å². The number of nitrogens with zero attached hydrogens (tertiary/aromatic N) is 1. The predicted octanol–water partition coefficient (Wildman–Crippen LogP) is 7.78. The number of sulfone groups is 1. The molecule has 1 aromatic carbocycles. The van der Waals surface area contributed by atoms with Gasteiger partial charge in [0.2, 0.25) is 0 Å². The van der Waals surface area contributed by atoms with Crippen LogP contribution in [-0.4, -0.2) is 80.3 Å². The monoisotopic (exact) mass is 724 g/mol. The standard InChI is InChI=1S/C43H68N2O5S/c1-10-41(7)35(40(6)19-17-32(38(2,3)29-40)30-11-13-31(14-12-30)37(46)50-9)16-15-34-36-33(39(4,5)47)18-20-43(36,22-21-42(34,41)8)44-23-24-45-25-27-51(48,49)28-26-45/h11-14,17,33-36,44,47H,10,15-16,18-29H2,1-9H3. The van der Waals surface area contributed by atoms with Crippen LogP contribution in [0.25, 0.3) is 5.57 Å². The summed E-state index contributed by atoms with van der Waals surface area (Å²) in [6, 6.07) is 7.96. The summed E-state index contributed by atoms with van der Waals surface area (Å²) >= 11 is 0. The van der Waals surface area contributed by atoms with Crippen molar-refractivity contribution in [3.8, 4) is 0 Å². The summed E-state index contributed by atoms with van der Waals surface area (Å²) in [6.07, 6.45) is 12.8. The minimum atomic E-state index is -2.89. The van der Waals surface area contributed by atoms with Gasteiger partial charge in [0.25, 0.3) is 0 Å². The Hall–Kier alpha value is -1.74. The second-order valence-corrected chi connectivity index (χ2v) is 21.7. The summed E-state index contributed by atoms with van der Waals surface area (Å²) in [6.45, 7) is 22.3. The van der Waals surface area contributed by atoms with E-state index in [0.717, 1.165) is 51.6 Å². The van der Waals surface area contributed by atoms with Crippen molar-refractivity contribution in [2.75, 3.05) is 44.8 Å². The van der Waals surface area contributed by atoms with Crippen molar-refractivity contribution in [2.45, 2.75) is 124 Å². The second-order valence-electron chi connectivity index (χ2n) is 19.4. The van der Waals surface area contributed by atoms with Gasteiger partial charge in [-0.2, -0.15) is 0 Å². The number of fused-ring (bicyclic) bond motifs is 3. The number of aliphatic hydroxyl groups is 1. The molecule has 8 atom stereocenters. The van der Waals surface area contributed by atoms with Gasteiger partial charge in [0.1, 0.15) is 0 Å². The van der Waals surface area contributed by atoms with Crippen molar-refractivity contribution in [2.24, 2.45) is 45.3 Å². The van der Waals surface area contributed by atoms with E-state index in [9.17, 15) is 18.3 Å². The number of allylic oxidation sites excluding steroid dienone is 2. The fraction of sp³-hybridized carbons (Fsp3) is 0.791. The Morgan fingerprint density at radius 3 is 2.25 bits per heavy atom. The lowest BCUT2D eigenvalue weighted by Crippen LogP contribution is -2.66. The molecule has 1 saturated heterocycles. The first kappa shape index (κ1) is 39.0. The third-order valence-electron chi connectivity index (χ3n) is 15.9. The number of carbonyl (C=O) groups is 1. The van der Waals surface area contributed by atoms with Crippen molar-refractivity contribution in [1.82, 2.24) is 10.2 Å². The van der Waals surface area contributed by atoms with E-state index < -0.39 is 15.4 Å². The van der Waals surface area contributed by atoms with Crippen LogP contribution in [0.1, 0.15) is 129 Å². The molecule has 6 rings (SSSR count). The SMILES string of the molecule is CCC1(C)C(C2(C)CC=C(c3ccc(C(=O)OC)cc3)C(C)(C)C2)CCC2C3C(C(C)(C)O)CCC3(NCCN3CCS(=O)(=O)CC3)CCC21C. The first-order chi connectivity index (χ1) is 23.7. The van der Waals surface area contributed by atoms with Gasteiger partial charge in [-0.3, -0.25) is 0 Å². The first-order valence-electron chi connectivity index (χ1n) is 20.0. The number of esters is 1. The maximum atomic E-state index is 12.1. The zero-order valence-electron chi connectivity index (χ0n) is 33.2. The van der Waals surface area contributed by atoms with Crippen LogP contribution in [-0.2, 0) is 14.6 Å². The van der Waals surface area contributed by atoms with Crippen LogP contribution in [0, 0.1) is 45.3 Å². The summed E-state index contributed by atoms with van der Waals surface area (Å²) in [5.74, 6) is 2.05. The van der Waals surface area contributed by atoms with Crippen LogP contribution in [0.15, 0.2) is 30.3 Å². The van der Waals surface area contributed by atoms with Crippen LogP contribution < -0.4 is 5.32 Å². The molecule has 7 nitrogen and oxygen atoms in total. The van der Waals surface area contributed by atoms with Crippen molar-refractivity contribution >= 4 is 21.4 Å². The largest absolute Gasteiger partial charge is 0.465 e. The van der Waals surface area contributed by atoms with Gasteiger partial charge >= 0.3 is 5.97 Å². The third kappa shape index (κ3) is 6.80. The van der Waals surface area contributed by atoms with Gasteiger partial charge in [-0.15, -0.1) is 0 Å². The lowest BCUT2D eigenvalue weighted by molar-refractivity contribution is -0.193. The smallest absolute Gasteiger partial charge is 0.337 e. The molecule has 1 aliphatic heterocycles. The van der Waals surface area contributed by atoms with Gasteiger partial charge in [0.05, 0.1) is 29.8 Å². The lowest BCUT2D eigenvalue weighted by Gasteiger charge is -2.69. The topological polar surface area (TPSA) is 95.9 Å². The summed E-state index contributed by atoms with van der Waals surface area (Å²) in [4.78, 5) is 14.4. The van der Waals surface area contributed by atoms with E-state index in [1.54, 1.807) is 0 Å². The number of hydrogen-bond donors (Lipinski definition) is 2. The molecule has 1 aromatic rings. The van der Waals surface area contributed by atoms with E-state index >= 15 is 0 Å². The third-order valence-corrected chi connectivity index (χ3v) is 17.6. The highest BCUT2D eigenvalue weighted by molar-refractivity contribution is 7.91. The molecule has 1 heterocycles. The number of nitrogens with one attached hydrogen (secondary N) is 1. The summed E-state index contributed by atoms with van der Waals surface area (Å²) < 4.78 is 29.0. The Labute approximate surface area is 309 Å². The number of benzene rings is 1. The zero-order chi connectivity index (χ0) is 37.3. The zero-order valence-corrected chi connectivity index (χ0v) is 34.1. The quantitative estimate of drug-likeness (QED) is 0.251. The van der Waals surface area contributed by atoms with E-state index in [1.165, 1.54) is 37.5 Å². The Bertz CT molecular complexity index is 1580. The van der Waals surface area contributed by atoms with Gasteiger partial charge in [-0.05, 0) is 140 Å². The number of rotatable bonds is 9. The molecule has 0 aromatic heterocycles. The van der Waals surface area contributed by atoms with Crippen molar-refractivity contribution < 1.29 is 23.1 Å². The van der Waals surface area contributed by atoms with E-state index in [0.29, 0.717) is 36.4 Å². The number of ether oxygens (including phenoxy) is 1. The Morgan fingerprint density at radius 1 is 1.00 bits per heavy atom. The maximum Gasteiger partial charge on any atom is 0.337 e. The van der Waals surface area contributed by atoms with Crippen LogP contribution >= 0.6 is 0 Å². The fourth-order valence-corrected chi connectivity index (χ4v) is 14.5. The second kappa shape index (κ2) is 13.5. The highest BCUT2D eigenvalue weighted by Gasteiger charge is 2.68. The maximum absolute atomic E-state index is 12.1. The first-order valence-corrected chi connectivity index (χ1v) is 21.9. The highest BCUT2D eigenvalue weighted by Crippen LogP contribution is 2.73. The summed E-state index contributed by atoms with van der Waals surface area (Å²) in [5.41, 5.74) is 2.94. The molecule has 8 unspecified atom stereocenters. The van der Waals surface area contributed by atoms with Crippen LogP contribution in [0.4, 0.5) is 0 Å². The summed E-state index contributed by atoms with van der Waals surface area (Å²) in [5, 5.41) is 15.9. The molecule has 2 N–H and O–H groups in total. The molecule has 0 spiro atoms. The lowest BCUT2D eigenvalue weighted by atomic mass is 9.37. The van der Waals surface area contributed by atoms with Crippen molar-refractivity contribution in [3.05, 3.63) is 41.5 Å². The van der Waals surface area contributed by atoms with E-state index in [1.807, 2.05) is 12.1 Å². The predicted molar refractivity (Wildman–Crippen MR) is 207 cm³/mol. The number of carbonyl (C=O) groups excluding carboxylic acids is 1. The number of methoxy groups -OCH3 is 1.